The van der Waals surface area contributed by atoms with Gasteiger partial charge in [0.15, 0.2) is 11.6 Å². The fourth-order valence-electron chi connectivity index (χ4n) is 2.22. The van der Waals surface area contributed by atoms with Gasteiger partial charge in [-0.05, 0) is 44.0 Å². The van der Waals surface area contributed by atoms with Crippen molar-refractivity contribution in [2.24, 2.45) is 0 Å². The van der Waals surface area contributed by atoms with Gasteiger partial charge >= 0.3 is 0 Å². The van der Waals surface area contributed by atoms with Crippen LogP contribution in [0.5, 0.6) is 0 Å². The van der Waals surface area contributed by atoms with E-state index in [0.29, 0.717) is 12.0 Å². The number of rotatable bonds is 6. The minimum absolute atomic E-state index is 0.0424. The van der Waals surface area contributed by atoms with E-state index in [1.165, 1.54) is 6.07 Å². The number of aryl methyl sites for hydroxylation is 1. The van der Waals surface area contributed by atoms with E-state index in [4.69, 9.17) is 0 Å². The first-order valence-electron chi connectivity index (χ1n) is 6.75. The molecule has 0 saturated heterocycles. The zero-order chi connectivity index (χ0) is 14.5. The molecule has 0 aliphatic heterocycles. The Morgan fingerprint density at radius 3 is 2.75 bits per heavy atom. The van der Waals surface area contributed by atoms with Crippen LogP contribution < -0.4 is 5.32 Å². The van der Waals surface area contributed by atoms with Crippen molar-refractivity contribution in [1.29, 1.82) is 0 Å². The number of likely N-dealkylation sites (N-methyl/N-ethyl adjacent to an activating group) is 1. The maximum atomic E-state index is 13.7. The van der Waals surface area contributed by atoms with Crippen LogP contribution in [0, 0.1) is 11.6 Å². The van der Waals surface area contributed by atoms with Crippen LogP contribution in [0.25, 0.3) is 0 Å². The molecule has 0 aliphatic rings. The Kier molecular flexibility index (Phi) is 4.84. The van der Waals surface area contributed by atoms with E-state index in [2.05, 4.69) is 10.4 Å². The molecule has 0 aliphatic carbocycles. The molecule has 0 saturated carbocycles. The van der Waals surface area contributed by atoms with Crippen molar-refractivity contribution >= 4 is 0 Å². The molecule has 108 valence electrons. The van der Waals surface area contributed by atoms with Gasteiger partial charge in [-0.3, -0.25) is 4.68 Å². The van der Waals surface area contributed by atoms with Gasteiger partial charge in [0.25, 0.3) is 0 Å². The lowest BCUT2D eigenvalue weighted by Crippen LogP contribution is -2.30. The molecule has 0 radical (unpaired) electrons. The van der Waals surface area contributed by atoms with Crippen molar-refractivity contribution in [2.45, 2.75) is 32.4 Å². The van der Waals surface area contributed by atoms with Crippen molar-refractivity contribution in [3.63, 3.8) is 0 Å². The molecule has 2 aromatic rings. The summed E-state index contributed by atoms with van der Waals surface area (Å²) in [5.74, 6) is -1.55. The van der Waals surface area contributed by atoms with Gasteiger partial charge in [0, 0.05) is 18.8 Å². The molecule has 3 nitrogen and oxygen atoms in total. The zero-order valence-corrected chi connectivity index (χ0v) is 11.7. The molecule has 2 rings (SSSR count). The van der Waals surface area contributed by atoms with Gasteiger partial charge in [-0.25, -0.2) is 8.78 Å². The Labute approximate surface area is 117 Å². The van der Waals surface area contributed by atoms with Crippen LogP contribution in [-0.4, -0.2) is 22.9 Å². The molecule has 0 fully saturated rings. The van der Waals surface area contributed by atoms with Gasteiger partial charge in [0.1, 0.15) is 0 Å². The van der Waals surface area contributed by atoms with Gasteiger partial charge in [-0.15, -0.1) is 0 Å². The normalized spacial score (nSPS) is 12.6. The van der Waals surface area contributed by atoms with Crippen molar-refractivity contribution < 1.29 is 8.78 Å². The Balaban J connectivity index is 2.07. The van der Waals surface area contributed by atoms with Crippen LogP contribution >= 0.6 is 0 Å². The Hall–Kier alpha value is -1.75. The number of hydrogen-bond donors (Lipinski definition) is 1. The fraction of sp³-hybridized carbons (Fsp3) is 0.400. The van der Waals surface area contributed by atoms with Crippen LogP contribution in [0.15, 0.2) is 30.6 Å². The minimum Gasteiger partial charge on any atom is -0.316 e. The van der Waals surface area contributed by atoms with E-state index < -0.39 is 11.6 Å². The summed E-state index contributed by atoms with van der Waals surface area (Å²) in [6.45, 7) is 2.84. The molecule has 1 aromatic heterocycles. The van der Waals surface area contributed by atoms with E-state index in [-0.39, 0.29) is 6.04 Å². The molecule has 5 heteroatoms. The van der Waals surface area contributed by atoms with E-state index in [0.717, 1.165) is 24.6 Å². The Bertz CT molecular complexity index is 566. The van der Waals surface area contributed by atoms with E-state index >= 15 is 0 Å². The molecule has 1 unspecified atom stereocenters. The van der Waals surface area contributed by atoms with E-state index in [1.807, 2.05) is 31.0 Å². The summed E-state index contributed by atoms with van der Waals surface area (Å²) >= 11 is 0. The number of aromatic nitrogens is 2. The molecule has 0 bridgehead atoms. The molecule has 0 spiro atoms. The van der Waals surface area contributed by atoms with Crippen LogP contribution in [-0.2, 0) is 19.4 Å². The van der Waals surface area contributed by atoms with Crippen LogP contribution in [0.3, 0.4) is 0 Å². The number of halogens is 2. The highest BCUT2D eigenvalue weighted by molar-refractivity contribution is 5.20. The first-order chi connectivity index (χ1) is 9.63. The topological polar surface area (TPSA) is 29.9 Å². The second kappa shape index (κ2) is 6.61. The highest BCUT2D eigenvalue weighted by Crippen LogP contribution is 2.15. The lowest BCUT2D eigenvalue weighted by molar-refractivity contribution is 0.482. The molecule has 20 heavy (non-hydrogen) atoms. The molecule has 1 heterocycles. The highest BCUT2D eigenvalue weighted by Gasteiger charge is 2.14. The van der Waals surface area contributed by atoms with Gasteiger partial charge in [0.05, 0.1) is 6.20 Å². The summed E-state index contributed by atoms with van der Waals surface area (Å²) in [5.41, 5.74) is 1.48. The third kappa shape index (κ3) is 3.42. The predicted octanol–water partition coefficient (Wildman–Crippen LogP) is 2.55. The minimum atomic E-state index is -0.795. The first-order valence-corrected chi connectivity index (χ1v) is 6.75. The largest absolute Gasteiger partial charge is 0.316 e. The number of nitrogens with zero attached hydrogens (tertiary/aromatic N) is 2. The van der Waals surface area contributed by atoms with Crippen molar-refractivity contribution in [3.05, 3.63) is 53.4 Å². The van der Waals surface area contributed by atoms with Gasteiger partial charge < -0.3 is 5.32 Å². The quantitative estimate of drug-likeness (QED) is 0.880. The van der Waals surface area contributed by atoms with Gasteiger partial charge in [0.2, 0.25) is 0 Å². The Morgan fingerprint density at radius 1 is 1.30 bits per heavy atom. The maximum Gasteiger partial charge on any atom is 0.162 e. The average Bonchev–Trinajstić information content (AvgIpc) is 2.90. The number of nitrogens with one attached hydrogen (secondary N) is 1. The SMILES string of the molecule is CCn1cc(CC(Cc2cccc(F)c2F)NC)cn1. The summed E-state index contributed by atoms with van der Waals surface area (Å²) in [6.07, 6.45) is 4.96. The second-order valence-electron chi connectivity index (χ2n) is 4.81. The smallest absolute Gasteiger partial charge is 0.162 e. The van der Waals surface area contributed by atoms with Gasteiger partial charge in [-0.2, -0.15) is 5.10 Å². The molecular weight excluding hydrogens is 260 g/mol. The van der Waals surface area contributed by atoms with Crippen molar-refractivity contribution in [2.75, 3.05) is 7.05 Å². The van der Waals surface area contributed by atoms with Crippen LogP contribution in [0.4, 0.5) is 8.78 Å². The summed E-state index contributed by atoms with van der Waals surface area (Å²) in [5, 5.41) is 7.36. The molecular formula is C15H19F2N3. The Morgan fingerprint density at radius 2 is 2.10 bits per heavy atom. The third-order valence-corrected chi connectivity index (χ3v) is 3.40. The fourth-order valence-corrected chi connectivity index (χ4v) is 2.22. The van der Waals surface area contributed by atoms with Crippen molar-refractivity contribution in [3.8, 4) is 0 Å². The number of hydrogen-bond acceptors (Lipinski definition) is 2. The van der Waals surface area contributed by atoms with Crippen LogP contribution in [0.2, 0.25) is 0 Å². The summed E-state index contributed by atoms with van der Waals surface area (Å²) in [4.78, 5) is 0. The van der Waals surface area contributed by atoms with Crippen molar-refractivity contribution in [1.82, 2.24) is 15.1 Å². The van der Waals surface area contributed by atoms with E-state index in [1.54, 1.807) is 6.07 Å². The molecule has 1 atom stereocenters. The highest BCUT2D eigenvalue weighted by atomic mass is 19.2. The average molecular weight is 279 g/mol. The van der Waals surface area contributed by atoms with Gasteiger partial charge in [-0.1, -0.05) is 12.1 Å². The third-order valence-electron chi connectivity index (χ3n) is 3.40. The first kappa shape index (κ1) is 14.7. The van der Waals surface area contributed by atoms with Crippen LogP contribution in [0.1, 0.15) is 18.1 Å². The maximum absolute atomic E-state index is 13.7. The standard InChI is InChI=1S/C15H19F2N3/c1-3-20-10-11(9-19-20)7-13(18-2)8-12-5-4-6-14(16)15(12)17/h4-6,9-10,13,18H,3,7-8H2,1-2H3. The molecule has 0 amide bonds. The lowest BCUT2D eigenvalue weighted by Gasteiger charge is -2.16. The number of benzene rings is 1. The monoisotopic (exact) mass is 279 g/mol. The summed E-state index contributed by atoms with van der Waals surface area (Å²) in [7, 11) is 1.83. The zero-order valence-electron chi connectivity index (χ0n) is 11.7. The second-order valence-corrected chi connectivity index (χ2v) is 4.81. The molecule has 1 aromatic carbocycles. The predicted molar refractivity (Wildman–Crippen MR) is 74.5 cm³/mol. The molecule has 1 N–H and O–H groups in total. The summed E-state index contributed by atoms with van der Waals surface area (Å²) < 4.78 is 28.7. The lowest BCUT2D eigenvalue weighted by atomic mass is 10.0. The summed E-state index contributed by atoms with van der Waals surface area (Å²) in [6, 6.07) is 4.34. The van der Waals surface area contributed by atoms with E-state index in [9.17, 15) is 8.78 Å².